The lowest BCUT2D eigenvalue weighted by molar-refractivity contribution is 0.0925. The minimum atomic E-state index is -0.0730. The summed E-state index contributed by atoms with van der Waals surface area (Å²) in [6, 6.07) is 1.92. The van der Waals surface area contributed by atoms with Crippen LogP contribution in [0.15, 0.2) is 12.3 Å². The van der Waals surface area contributed by atoms with Crippen LogP contribution in [0.4, 0.5) is 0 Å². The van der Waals surface area contributed by atoms with Crippen LogP contribution in [-0.4, -0.2) is 35.2 Å². The van der Waals surface area contributed by atoms with Crippen molar-refractivity contribution in [3.63, 3.8) is 0 Å². The number of aromatic nitrogens is 2. The molecule has 1 aliphatic rings. The molecule has 0 aromatic carbocycles. The van der Waals surface area contributed by atoms with Gasteiger partial charge < -0.3 is 10.6 Å². The average Bonchev–Trinajstić information content (AvgIpc) is 2.72. The minimum absolute atomic E-state index is 0.0730. The normalized spacial score (nSPS) is 21.9. The quantitative estimate of drug-likeness (QED) is 0.615. The molecule has 1 atom stereocenters. The first-order valence-electron chi connectivity index (χ1n) is 4.87. The van der Waals surface area contributed by atoms with Gasteiger partial charge in [-0.2, -0.15) is 5.10 Å². The Hall–Kier alpha value is -1.36. The summed E-state index contributed by atoms with van der Waals surface area (Å²) in [7, 11) is 0. The molecule has 1 aromatic heterocycles. The van der Waals surface area contributed by atoms with E-state index in [0.29, 0.717) is 5.69 Å². The number of hydrogen-bond acceptors (Lipinski definition) is 3. The number of nitrogens with zero attached hydrogens (tertiary/aromatic N) is 1. The van der Waals surface area contributed by atoms with Gasteiger partial charge in [0, 0.05) is 18.8 Å². The van der Waals surface area contributed by atoms with Crippen LogP contribution in [0.1, 0.15) is 23.3 Å². The Bertz CT molecular complexity index is 290. The Morgan fingerprint density at radius 3 is 3.21 bits per heavy atom. The fraction of sp³-hybridized carbons (Fsp3) is 0.556. The first kappa shape index (κ1) is 9.21. The van der Waals surface area contributed by atoms with E-state index in [2.05, 4.69) is 20.8 Å². The zero-order valence-corrected chi connectivity index (χ0v) is 7.92. The number of carbonyl (C=O) groups excluding carboxylic acids is 1. The van der Waals surface area contributed by atoms with Crippen molar-refractivity contribution in [1.82, 2.24) is 20.8 Å². The van der Waals surface area contributed by atoms with Gasteiger partial charge in [0.15, 0.2) is 0 Å². The second-order valence-electron chi connectivity index (χ2n) is 3.49. The van der Waals surface area contributed by atoms with E-state index in [-0.39, 0.29) is 11.9 Å². The molecule has 0 radical (unpaired) electrons. The minimum Gasteiger partial charge on any atom is -0.347 e. The van der Waals surface area contributed by atoms with E-state index < -0.39 is 0 Å². The van der Waals surface area contributed by atoms with E-state index in [4.69, 9.17) is 0 Å². The van der Waals surface area contributed by atoms with Crippen molar-refractivity contribution in [3.8, 4) is 0 Å². The number of nitrogens with one attached hydrogen (secondary N) is 3. The lowest BCUT2D eigenvalue weighted by atomic mass is 10.1. The third kappa shape index (κ3) is 2.11. The van der Waals surface area contributed by atoms with Gasteiger partial charge in [-0.25, -0.2) is 0 Å². The van der Waals surface area contributed by atoms with Gasteiger partial charge in [-0.15, -0.1) is 0 Å². The molecule has 0 spiro atoms. The van der Waals surface area contributed by atoms with Crippen molar-refractivity contribution in [3.05, 3.63) is 18.0 Å². The van der Waals surface area contributed by atoms with Crippen molar-refractivity contribution in [2.75, 3.05) is 13.1 Å². The van der Waals surface area contributed by atoms with Crippen LogP contribution < -0.4 is 10.6 Å². The summed E-state index contributed by atoms with van der Waals surface area (Å²) >= 11 is 0. The molecular weight excluding hydrogens is 180 g/mol. The number of hydrogen-bond donors (Lipinski definition) is 3. The smallest absolute Gasteiger partial charge is 0.269 e. The van der Waals surface area contributed by atoms with E-state index in [1.165, 1.54) is 0 Å². The van der Waals surface area contributed by atoms with Crippen LogP contribution >= 0.6 is 0 Å². The predicted octanol–water partition coefficient (Wildman–Crippen LogP) is -0.109. The van der Waals surface area contributed by atoms with E-state index in [1.807, 2.05) is 0 Å². The molecule has 0 aliphatic carbocycles. The first-order chi connectivity index (χ1) is 6.86. The highest BCUT2D eigenvalue weighted by Gasteiger charge is 2.16. The van der Waals surface area contributed by atoms with Crippen molar-refractivity contribution in [2.45, 2.75) is 18.9 Å². The van der Waals surface area contributed by atoms with Gasteiger partial charge >= 0.3 is 0 Å². The van der Waals surface area contributed by atoms with E-state index >= 15 is 0 Å². The lowest BCUT2D eigenvalue weighted by Gasteiger charge is -2.23. The fourth-order valence-electron chi connectivity index (χ4n) is 1.62. The maximum absolute atomic E-state index is 11.6. The van der Waals surface area contributed by atoms with Crippen LogP contribution in [0.5, 0.6) is 0 Å². The van der Waals surface area contributed by atoms with Gasteiger partial charge in [-0.05, 0) is 25.5 Å². The maximum atomic E-state index is 11.6. The Balaban J connectivity index is 1.87. The predicted molar refractivity (Wildman–Crippen MR) is 51.9 cm³/mol. The summed E-state index contributed by atoms with van der Waals surface area (Å²) < 4.78 is 0. The molecule has 2 rings (SSSR count). The highest BCUT2D eigenvalue weighted by atomic mass is 16.2. The van der Waals surface area contributed by atoms with Gasteiger partial charge in [0.25, 0.3) is 5.91 Å². The summed E-state index contributed by atoms with van der Waals surface area (Å²) in [5, 5.41) is 12.6. The molecule has 1 amide bonds. The van der Waals surface area contributed by atoms with Gasteiger partial charge in [0.1, 0.15) is 5.69 Å². The molecule has 0 unspecified atom stereocenters. The average molecular weight is 194 g/mol. The Labute approximate surface area is 82.3 Å². The topological polar surface area (TPSA) is 69.8 Å². The van der Waals surface area contributed by atoms with Crippen LogP contribution in [-0.2, 0) is 0 Å². The highest BCUT2D eigenvalue weighted by Crippen LogP contribution is 2.02. The maximum Gasteiger partial charge on any atom is 0.269 e. The number of H-pyrrole nitrogens is 1. The van der Waals surface area contributed by atoms with Crippen LogP contribution in [0.25, 0.3) is 0 Å². The molecule has 0 bridgehead atoms. The van der Waals surface area contributed by atoms with Crippen molar-refractivity contribution >= 4 is 5.91 Å². The largest absolute Gasteiger partial charge is 0.347 e. The molecule has 1 aliphatic heterocycles. The standard InChI is InChI=1S/C9H14N4O/c14-9(8-3-5-11-13-8)12-7-2-1-4-10-6-7/h3,5,7,10H,1-2,4,6H2,(H,11,13)(H,12,14)/t7-/m1/s1. The Morgan fingerprint density at radius 2 is 2.57 bits per heavy atom. The van der Waals surface area contributed by atoms with E-state index in [0.717, 1.165) is 25.9 Å². The van der Waals surface area contributed by atoms with Gasteiger partial charge in [-0.1, -0.05) is 0 Å². The molecule has 14 heavy (non-hydrogen) atoms. The lowest BCUT2D eigenvalue weighted by Crippen LogP contribution is -2.45. The van der Waals surface area contributed by atoms with Crippen LogP contribution in [0, 0.1) is 0 Å². The number of aromatic amines is 1. The van der Waals surface area contributed by atoms with Crippen molar-refractivity contribution < 1.29 is 4.79 Å². The number of rotatable bonds is 2. The van der Waals surface area contributed by atoms with Crippen molar-refractivity contribution in [2.24, 2.45) is 0 Å². The van der Waals surface area contributed by atoms with E-state index in [1.54, 1.807) is 12.3 Å². The van der Waals surface area contributed by atoms with Gasteiger partial charge in [0.05, 0.1) is 0 Å². The molecular formula is C9H14N4O. The monoisotopic (exact) mass is 194 g/mol. The zero-order valence-electron chi connectivity index (χ0n) is 7.92. The fourth-order valence-corrected chi connectivity index (χ4v) is 1.62. The Morgan fingerprint density at radius 1 is 1.64 bits per heavy atom. The highest BCUT2D eigenvalue weighted by molar-refractivity contribution is 5.92. The van der Waals surface area contributed by atoms with Gasteiger partial charge in [0.2, 0.25) is 0 Å². The summed E-state index contributed by atoms with van der Waals surface area (Å²) in [4.78, 5) is 11.6. The summed E-state index contributed by atoms with van der Waals surface area (Å²) in [6.07, 6.45) is 3.74. The SMILES string of the molecule is O=C(N[C@@H]1CCCNC1)c1ccn[nH]1. The molecule has 0 saturated carbocycles. The van der Waals surface area contributed by atoms with Gasteiger partial charge in [-0.3, -0.25) is 9.89 Å². The number of piperidine rings is 1. The molecule has 5 nitrogen and oxygen atoms in total. The molecule has 76 valence electrons. The second-order valence-corrected chi connectivity index (χ2v) is 3.49. The summed E-state index contributed by atoms with van der Waals surface area (Å²) in [5.41, 5.74) is 0.524. The molecule has 5 heteroatoms. The third-order valence-electron chi connectivity index (χ3n) is 2.38. The second kappa shape index (κ2) is 4.23. The van der Waals surface area contributed by atoms with E-state index in [9.17, 15) is 4.79 Å². The van der Waals surface area contributed by atoms with Crippen molar-refractivity contribution in [1.29, 1.82) is 0 Å². The van der Waals surface area contributed by atoms with Crippen LogP contribution in [0.2, 0.25) is 0 Å². The zero-order chi connectivity index (χ0) is 9.80. The van der Waals surface area contributed by atoms with Crippen LogP contribution in [0.3, 0.4) is 0 Å². The first-order valence-corrected chi connectivity index (χ1v) is 4.87. The molecule has 3 N–H and O–H groups in total. The Kier molecular flexibility index (Phi) is 2.78. The third-order valence-corrected chi connectivity index (χ3v) is 2.38. The number of carbonyl (C=O) groups is 1. The summed E-state index contributed by atoms with van der Waals surface area (Å²) in [6.45, 7) is 1.91. The molecule has 1 saturated heterocycles. The molecule has 2 heterocycles. The molecule has 1 aromatic rings. The molecule has 1 fully saturated rings. The number of amides is 1. The summed E-state index contributed by atoms with van der Waals surface area (Å²) in [5.74, 6) is -0.0730.